The molecule has 2 atom stereocenters. The van der Waals surface area contributed by atoms with Crippen molar-refractivity contribution in [2.75, 3.05) is 27.2 Å². The van der Waals surface area contributed by atoms with E-state index in [9.17, 15) is 24.4 Å². The van der Waals surface area contributed by atoms with Gasteiger partial charge in [0.25, 0.3) is 11.8 Å². The van der Waals surface area contributed by atoms with Gasteiger partial charge in [-0.05, 0) is 99.4 Å². The zero-order chi connectivity index (χ0) is 33.2. The molecule has 4 N–H and O–H groups in total. The van der Waals surface area contributed by atoms with E-state index in [0.717, 1.165) is 28.7 Å². The predicted octanol–water partition coefficient (Wildman–Crippen LogP) is 2.19. The van der Waals surface area contributed by atoms with E-state index in [2.05, 4.69) is 27.0 Å². The lowest BCUT2D eigenvalue weighted by molar-refractivity contribution is -0.130. The SMILES string of the molecule is CNC(=O)c1ccc2c(c1)CCc1cc(C(=O)NC)ccc1C2(C[C@H](C)NCC(=O)N1CCC[C@H]1C#N)c1nn(C(C)C)c(=O)[nH]1. The minimum atomic E-state index is -1.01. The third-order valence-electron chi connectivity index (χ3n) is 9.24. The number of nitrogens with zero attached hydrogens (tertiary/aromatic N) is 4. The quantitative estimate of drug-likeness (QED) is 0.283. The number of nitriles is 1. The molecular formula is C34H42N8O4. The van der Waals surface area contributed by atoms with Crippen molar-refractivity contribution in [3.63, 3.8) is 0 Å². The molecule has 46 heavy (non-hydrogen) atoms. The molecule has 12 heteroatoms. The number of aromatic amines is 1. The van der Waals surface area contributed by atoms with Crippen LogP contribution in [-0.2, 0) is 23.1 Å². The molecule has 1 fully saturated rings. The largest absolute Gasteiger partial charge is 0.355 e. The first-order chi connectivity index (χ1) is 22.0. The molecule has 0 unspecified atom stereocenters. The highest BCUT2D eigenvalue weighted by molar-refractivity contribution is 5.95. The zero-order valence-corrected chi connectivity index (χ0v) is 27.1. The van der Waals surface area contributed by atoms with Gasteiger partial charge in [-0.25, -0.2) is 9.48 Å². The first kappa shape index (κ1) is 32.6. The van der Waals surface area contributed by atoms with Crippen molar-refractivity contribution in [1.82, 2.24) is 35.6 Å². The van der Waals surface area contributed by atoms with Crippen LogP contribution in [0.3, 0.4) is 0 Å². The Morgan fingerprint density at radius 3 is 2.11 bits per heavy atom. The summed E-state index contributed by atoms with van der Waals surface area (Å²) in [4.78, 5) is 56.6. The van der Waals surface area contributed by atoms with Crippen molar-refractivity contribution < 1.29 is 14.4 Å². The highest BCUT2D eigenvalue weighted by atomic mass is 16.2. The van der Waals surface area contributed by atoms with Crippen LogP contribution in [0.1, 0.15) is 94.9 Å². The summed E-state index contributed by atoms with van der Waals surface area (Å²) >= 11 is 0. The Morgan fingerprint density at radius 1 is 1.02 bits per heavy atom. The second-order valence-electron chi connectivity index (χ2n) is 12.5. The van der Waals surface area contributed by atoms with Gasteiger partial charge in [-0.15, -0.1) is 0 Å². The molecular weight excluding hydrogens is 584 g/mol. The lowest BCUT2D eigenvalue weighted by Crippen LogP contribution is -2.45. The summed E-state index contributed by atoms with van der Waals surface area (Å²) in [6, 6.07) is 12.6. The summed E-state index contributed by atoms with van der Waals surface area (Å²) in [5.41, 5.74) is 3.31. The van der Waals surface area contributed by atoms with Crippen LogP contribution in [0.5, 0.6) is 0 Å². The van der Waals surface area contributed by atoms with Gasteiger partial charge in [0.2, 0.25) is 5.91 Å². The third kappa shape index (κ3) is 5.95. The number of H-pyrrole nitrogens is 1. The van der Waals surface area contributed by atoms with E-state index in [1.807, 2.05) is 45.0 Å². The highest BCUT2D eigenvalue weighted by Crippen LogP contribution is 2.47. The van der Waals surface area contributed by atoms with Gasteiger partial charge in [0.1, 0.15) is 11.9 Å². The summed E-state index contributed by atoms with van der Waals surface area (Å²) in [5, 5.41) is 23.2. The lowest BCUT2D eigenvalue weighted by atomic mass is 9.67. The second kappa shape index (κ2) is 13.3. The first-order valence-electron chi connectivity index (χ1n) is 15.9. The van der Waals surface area contributed by atoms with E-state index in [4.69, 9.17) is 5.10 Å². The van der Waals surface area contributed by atoms with E-state index >= 15 is 0 Å². The molecule has 1 saturated heterocycles. The molecule has 2 aromatic carbocycles. The molecule has 12 nitrogen and oxygen atoms in total. The Balaban J connectivity index is 1.68. The summed E-state index contributed by atoms with van der Waals surface area (Å²) in [6.45, 7) is 6.38. The van der Waals surface area contributed by atoms with E-state index in [1.54, 1.807) is 31.1 Å². The van der Waals surface area contributed by atoms with Crippen LogP contribution in [0.15, 0.2) is 41.2 Å². The van der Waals surface area contributed by atoms with Gasteiger partial charge in [-0.2, -0.15) is 10.4 Å². The Bertz CT molecular complexity index is 1680. The van der Waals surface area contributed by atoms with Gasteiger partial charge in [0, 0.05) is 37.8 Å². The Hall–Kier alpha value is -4.76. The topological polar surface area (TPSA) is 165 Å². The van der Waals surface area contributed by atoms with Crippen molar-refractivity contribution in [2.45, 2.75) is 76.4 Å². The van der Waals surface area contributed by atoms with Crippen LogP contribution < -0.4 is 21.6 Å². The van der Waals surface area contributed by atoms with Crippen molar-refractivity contribution in [3.8, 4) is 6.07 Å². The Kier molecular flexibility index (Phi) is 9.44. The zero-order valence-electron chi connectivity index (χ0n) is 27.1. The van der Waals surface area contributed by atoms with Crippen molar-refractivity contribution in [3.05, 3.63) is 86.1 Å². The number of nitrogens with one attached hydrogen (secondary N) is 4. The molecule has 5 rings (SSSR count). The average molecular weight is 627 g/mol. The maximum absolute atomic E-state index is 13.3. The smallest absolute Gasteiger partial charge is 0.343 e. The van der Waals surface area contributed by atoms with Crippen molar-refractivity contribution in [1.29, 1.82) is 5.26 Å². The van der Waals surface area contributed by atoms with Crippen LogP contribution in [0.4, 0.5) is 0 Å². The molecule has 2 heterocycles. The highest BCUT2D eigenvalue weighted by Gasteiger charge is 2.45. The van der Waals surface area contributed by atoms with Gasteiger partial charge in [-0.1, -0.05) is 12.1 Å². The molecule has 0 radical (unpaired) electrons. The summed E-state index contributed by atoms with van der Waals surface area (Å²) in [6.07, 6.45) is 3.05. The summed E-state index contributed by atoms with van der Waals surface area (Å²) in [7, 11) is 3.18. The van der Waals surface area contributed by atoms with Crippen molar-refractivity contribution in [2.24, 2.45) is 0 Å². The molecule has 1 aliphatic heterocycles. The van der Waals surface area contributed by atoms with Crippen LogP contribution in [0, 0.1) is 11.3 Å². The lowest BCUT2D eigenvalue weighted by Gasteiger charge is -2.37. The van der Waals surface area contributed by atoms with Crippen LogP contribution in [0.25, 0.3) is 0 Å². The molecule has 3 amide bonds. The van der Waals surface area contributed by atoms with E-state index < -0.39 is 11.5 Å². The van der Waals surface area contributed by atoms with Crippen LogP contribution in [-0.4, -0.2) is 76.7 Å². The number of carbonyl (C=O) groups is 3. The predicted molar refractivity (Wildman–Crippen MR) is 173 cm³/mol. The molecule has 1 aromatic heterocycles. The molecule has 0 bridgehead atoms. The standard InChI is InChI=1S/C34H42N8O4/c1-20(2)42-33(46)39-32(40-42)34(17-21(3)38-19-29(43)41-14-6-7-26(41)18-35)27-12-10-24(30(44)36-4)15-22(27)8-9-23-16-25(31(45)37-5)11-13-28(23)34/h10-13,15-16,20-21,26,38H,6-9,14,17,19H2,1-5H3,(H,36,44)(H,37,45)(H,39,40,46)/t21-,26-/m0/s1. The molecule has 0 saturated carbocycles. The van der Waals surface area contributed by atoms with Gasteiger partial charge >= 0.3 is 5.69 Å². The molecule has 1 aliphatic carbocycles. The first-order valence-corrected chi connectivity index (χ1v) is 15.9. The van der Waals surface area contributed by atoms with E-state index in [1.165, 1.54) is 4.68 Å². The number of aromatic nitrogens is 3. The van der Waals surface area contributed by atoms with Gasteiger partial charge in [0.15, 0.2) is 0 Å². The minimum absolute atomic E-state index is 0.0529. The number of amides is 3. The summed E-state index contributed by atoms with van der Waals surface area (Å²) in [5.74, 6) is -0.101. The Morgan fingerprint density at radius 2 is 1.61 bits per heavy atom. The number of benzene rings is 2. The Labute approximate surface area is 268 Å². The molecule has 3 aromatic rings. The fourth-order valence-electron chi connectivity index (χ4n) is 6.96. The fourth-order valence-corrected chi connectivity index (χ4v) is 6.96. The minimum Gasteiger partial charge on any atom is -0.355 e. The van der Waals surface area contributed by atoms with Crippen molar-refractivity contribution >= 4 is 17.7 Å². The number of fused-ring (bicyclic) bond motifs is 2. The van der Waals surface area contributed by atoms with Crippen LogP contribution in [0.2, 0.25) is 0 Å². The van der Waals surface area contributed by atoms with Crippen LogP contribution >= 0.6 is 0 Å². The molecule has 2 aliphatic rings. The van der Waals surface area contributed by atoms with Gasteiger partial charge < -0.3 is 20.9 Å². The molecule has 0 spiro atoms. The molecule has 242 valence electrons. The number of hydrogen-bond acceptors (Lipinski definition) is 7. The third-order valence-corrected chi connectivity index (χ3v) is 9.24. The number of hydrogen-bond donors (Lipinski definition) is 4. The number of aryl methyl sites for hydroxylation is 2. The maximum atomic E-state index is 13.3. The fraction of sp³-hybridized carbons (Fsp3) is 0.471. The van der Waals surface area contributed by atoms with Gasteiger partial charge in [0.05, 0.1) is 24.1 Å². The summed E-state index contributed by atoms with van der Waals surface area (Å²) < 4.78 is 1.43. The van der Waals surface area contributed by atoms with E-state index in [0.29, 0.717) is 49.2 Å². The normalized spacial score (nSPS) is 17.4. The van der Waals surface area contributed by atoms with Gasteiger partial charge in [-0.3, -0.25) is 19.4 Å². The monoisotopic (exact) mass is 626 g/mol. The number of rotatable bonds is 9. The number of carbonyl (C=O) groups excluding carboxylic acids is 3. The van der Waals surface area contributed by atoms with E-state index in [-0.39, 0.29) is 42.0 Å². The second-order valence-corrected chi connectivity index (χ2v) is 12.5. The maximum Gasteiger partial charge on any atom is 0.343 e. The number of likely N-dealkylation sites (tertiary alicyclic amines) is 1. The average Bonchev–Trinajstić information content (AvgIpc) is 3.68.